The van der Waals surface area contributed by atoms with Gasteiger partial charge in [-0.05, 0) is 25.7 Å². The van der Waals surface area contributed by atoms with Gasteiger partial charge in [0, 0.05) is 19.2 Å². The molecule has 0 aromatic carbocycles. The molecule has 1 unspecified atom stereocenters. The first-order valence-electron chi connectivity index (χ1n) is 7.02. The van der Waals surface area contributed by atoms with Crippen LogP contribution in [0.3, 0.4) is 0 Å². The SMILES string of the molecule is Nc1nc(N2CCCCC2CCO)nc(-n2cncn2)n1. The van der Waals surface area contributed by atoms with Crippen LogP contribution in [-0.2, 0) is 0 Å². The van der Waals surface area contributed by atoms with Gasteiger partial charge in [0.25, 0.3) is 5.95 Å². The topological polar surface area (TPSA) is 119 Å². The summed E-state index contributed by atoms with van der Waals surface area (Å²) >= 11 is 0. The second-order valence-corrected chi connectivity index (χ2v) is 4.99. The van der Waals surface area contributed by atoms with Crippen LogP contribution in [0, 0.1) is 0 Å². The van der Waals surface area contributed by atoms with Crippen molar-refractivity contribution in [2.75, 3.05) is 23.8 Å². The lowest BCUT2D eigenvalue weighted by Crippen LogP contribution is -2.41. The molecule has 2 aromatic rings. The zero-order valence-electron chi connectivity index (χ0n) is 11.6. The molecule has 112 valence electrons. The lowest BCUT2D eigenvalue weighted by Gasteiger charge is -2.35. The number of aromatic nitrogens is 6. The molecule has 3 N–H and O–H groups in total. The summed E-state index contributed by atoms with van der Waals surface area (Å²) in [5, 5.41) is 13.2. The maximum absolute atomic E-state index is 9.22. The number of nitrogens with zero attached hydrogens (tertiary/aromatic N) is 7. The highest BCUT2D eigenvalue weighted by atomic mass is 16.3. The minimum atomic E-state index is 0.150. The summed E-state index contributed by atoms with van der Waals surface area (Å²) in [5.41, 5.74) is 5.79. The summed E-state index contributed by atoms with van der Waals surface area (Å²) in [5.74, 6) is 1.04. The van der Waals surface area contributed by atoms with E-state index in [0.717, 1.165) is 25.8 Å². The van der Waals surface area contributed by atoms with Crippen molar-refractivity contribution in [1.29, 1.82) is 0 Å². The monoisotopic (exact) mass is 290 g/mol. The summed E-state index contributed by atoms with van der Waals surface area (Å²) < 4.78 is 1.45. The Morgan fingerprint density at radius 2 is 2.10 bits per heavy atom. The second kappa shape index (κ2) is 6.00. The zero-order chi connectivity index (χ0) is 14.7. The van der Waals surface area contributed by atoms with Crippen molar-refractivity contribution in [3.05, 3.63) is 12.7 Å². The molecule has 1 fully saturated rings. The summed E-state index contributed by atoms with van der Waals surface area (Å²) in [6.45, 7) is 1.00. The normalized spacial score (nSPS) is 18.9. The molecule has 0 bridgehead atoms. The lowest BCUT2D eigenvalue weighted by atomic mass is 10.0. The Bertz CT molecular complexity index is 585. The molecule has 3 heterocycles. The molecule has 3 rings (SSSR count). The zero-order valence-corrected chi connectivity index (χ0v) is 11.6. The van der Waals surface area contributed by atoms with Gasteiger partial charge < -0.3 is 15.7 Å². The number of rotatable bonds is 4. The molecule has 9 heteroatoms. The maximum Gasteiger partial charge on any atom is 0.258 e. The van der Waals surface area contributed by atoms with Crippen LogP contribution in [-0.4, -0.2) is 54.0 Å². The highest BCUT2D eigenvalue weighted by molar-refractivity contribution is 5.39. The van der Waals surface area contributed by atoms with Crippen LogP contribution in [0.1, 0.15) is 25.7 Å². The van der Waals surface area contributed by atoms with Crippen LogP contribution in [0.15, 0.2) is 12.7 Å². The number of aliphatic hydroxyl groups excluding tert-OH is 1. The van der Waals surface area contributed by atoms with Gasteiger partial charge in [-0.3, -0.25) is 0 Å². The van der Waals surface area contributed by atoms with E-state index in [0.29, 0.717) is 18.3 Å². The van der Waals surface area contributed by atoms with Crippen molar-refractivity contribution >= 4 is 11.9 Å². The average molecular weight is 290 g/mol. The van der Waals surface area contributed by atoms with E-state index in [9.17, 15) is 5.11 Å². The Hall–Kier alpha value is -2.29. The molecule has 1 aliphatic rings. The van der Waals surface area contributed by atoms with E-state index in [-0.39, 0.29) is 18.6 Å². The Balaban J connectivity index is 1.93. The fourth-order valence-electron chi connectivity index (χ4n) is 2.62. The molecule has 0 saturated carbocycles. The third-order valence-corrected chi connectivity index (χ3v) is 3.60. The van der Waals surface area contributed by atoms with E-state index in [4.69, 9.17) is 5.73 Å². The van der Waals surface area contributed by atoms with Gasteiger partial charge in [0.05, 0.1) is 0 Å². The summed E-state index contributed by atoms with van der Waals surface area (Å²) in [4.78, 5) is 18.7. The standard InChI is InChI=1S/C12H18N8O/c13-10-16-11(18-12(17-10)20-8-14-7-15-20)19-5-2-1-3-9(19)4-6-21/h7-9,21H,1-6H2,(H2,13,16,17,18). The van der Waals surface area contributed by atoms with Crippen molar-refractivity contribution in [2.45, 2.75) is 31.7 Å². The first-order chi connectivity index (χ1) is 10.3. The number of piperidine rings is 1. The fourth-order valence-corrected chi connectivity index (χ4v) is 2.62. The van der Waals surface area contributed by atoms with Crippen LogP contribution in [0.4, 0.5) is 11.9 Å². The van der Waals surface area contributed by atoms with Gasteiger partial charge in [-0.15, -0.1) is 0 Å². The molecule has 21 heavy (non-hydrogen) atoms. The van der Waals surface area contributed by atoms with Gasteiger partial charge in [0.2, 0.25) is 11.9 Å². The molecule has 1 aliphatic heterocycles. The molecule has 0 aliphatic carbocycles. The lowest BCUT2D eigenvalue weighted by molar-refractivity contribution is 0.261. The van der Waals surface area contributed by atoms with Gasteiger partial charge in [0.15, 0.2) is 0 Å². The third kappa shape index (κ3) is 2.92. The smallest absolute Gasteiger partial charge is 0.258 e. The maximum atomic E-state index is 9.22. The minimum absolute atomic E-state index is 0.150. The number of hydrogen-bond acceptors (Lipinski definition) is 8. The number of nitrogens with two attached hydrogens (primary N) is 1. The van der Waals surface area contributed by atoms with Crippen LogP contribution in [0.25, 0.3) is 5.95 Å². The van der Waals surface area contributed by atoms with E-state index in [1.807, 2.05) is 0 Å². The number of aliphatic hydroxyl groups is 1. The van der Waals surface area contributed by atoms with Crippen LogP contribution in [0.2, 0.25) is 0 Å². The van der Waals surface area contributed by atoms with Crippen molar-refractivity contribution in [2.24, 2.45) is 0 Å². The highest BCUT2D eigenvalue weighted by Crippen LogP contribution is 2.24. The largest absolute Gasteiger partial charge is 0.396 e. The van der Waals surface area contributed by atoms with Gasteiger partial charge >= 0.3 is 0 Å². The first kappa shape index (κ1) is 13.7. The molecule has 9 nitrogen and oxygen atoms in total. The highest BCUT2D eigenvalue weighted by Gasteiger charge is 2.25. The second-order valence-electron chi connectivity index (χ2n) is 4.99. The average Bonchev–Trinajstić information content (AvgIpc) is 3.02. The third-order valence-electron chi connectivity index (χ3n) is 3.60. The van der Waals surface area contributed by atoms with E-state index >= 15 is 0 Å². The quantitative estimate of drug-likeness (QED) is 0.793. The van der Waals surface area contributed by atoms with E-state index < -0.39 is 0 Å². The summed E-state index contributed by atoms with van der Waals surface area (Å²) in [6, 6.07) is 0.231. The van der Waals surface area contributed by atoms with Crippen molar-refractivity contribution < 1.29 is 5.11 Å². The van der Waals surface area contributed by atoms with Gasteiger partial charge in [0.1, 0.15) is 12.7 Å². The van der Waals surface area contributed by atoms with Crippen LogP contribution >= 0.6 is 0 Å². The number of hydrogen-bond donors (Lipinski definition) is 2. The fraction of sp³-hybridized carbons (Fsp3) is 0.583. The Morgan fingerprint density at radius 3 is 2.86 bits per heavy atom. The Kier molecular flexibility index (Phi) is 3.91. The van der Waals surface area contributed by atoms with E-state index in [1.165, 1.54) is 17.3 Å². The summed E-state index contributed by atoms with van der Waals surface area (Å²) in [7, 11) is 0. The van der Waals surface area contributed by atoms with Crippen LogP contribution in [0.5, 0.6) is 0 Å². The molecular formula is C12H18N8O. The van der Waals surface area contributed by atoms with Crippen molar-refractivity contribution in [1.82, 2.24) is 29.7 Å². The predicted octanol–water partition coefficient (Wildman–Crippen LogP) is -0.224. The molecular weight excluding hydrogens is 272 g/mol. The molecule has 2 aromatic heterocycles. The molecule has 0 amide bonds. The van der Waals surface area contributed by atoms with Crippen molar-refractivity contribution in [3.8, 4) is 5.95 Å². The summed E-state index contributed by atoms with van der Waals surface area (Å²) in [6.07, 6.45) is 6.87. The van der Waals surface area contributed by atoms with E-state index in [1.54, 1.807) is 0 Å². The predicted molar refractivity (Wildman–Crippen MR) is 75.8 cm³/mol. The Morgan fingerprint density at radius 1 is 1.24 bits per heavy atom. The van der Waals surface area contributed by atoms with Crippen LogP contribution < -0.4 is 10.6 Å². The molecule has 1 atom stereocenters. The molecule has 1 saturated heterocycles. The Labute approximate surface area is 121 Å². The first-order valence-corrected chi connectivity index (χ1v) is 7.02. The van der Waals surface area contributed by atoms with Gasteiger partial charge in [-0.25, -0.2) is 4.98 Å². The van der Waals surface area contributed by atoms with E-state index in [2.05, 4.69) is 29.9 Å². The van der Waals surface area contributed by atoms with Gasteiger partial charge in [-0.2, -0.15) is 24.7 Å². The number of anilines is 2. The number of nitrogen functional groups attached to an aromatic ring is 1. The van der Waals surface area contributed by atoms with Gasteiger partial charge in [-0.1, -0.05) is 0 Å². The van der Waals surface area contributed by atoms with Crippen molar-refractivity contribution in [3.63, 3.8) is 0 Å². The minimum Gasteiger partial charge on any atom is -0.396 e. The molecule has 0 radical (unpaired) electrons. The molecule has 0 spiro atoms.